The van der Waals surface area contributed by atoms with Gasteiger partial charge in [-0.25, -0.2) is 4.98 Å². The normalized spacial score (nSPS) is 18.2. The Morgan fingerprint density at radius 3 is 2.62 bits per heavy atom. The van der Waals surface area contributed by atoms with Crippen molar-refractivity contribution in [3.63, 3.8) is 0 Å². The van der Waals surface area contributed by atoms with Crippen LogP contribution >= 0.6 is 11.6 Å². The van der Waals surface area contributed by atoms with E-state index in [-0.39, 0.29) is 23.7 Å². The highest BCUT2D eigenvalue weighted by Crippen LogP contribution is 2.57. The van der Waals surface area contributed by atoms with Gasteiger partial charge in [0, 0.05) is 6.20 Å². The zero-order valence-electron chi connectivity index (χ0n) is 8.22. The monoisotopic (exact) mass is 251 g/mol. The van der Waals surface area contributed by atoms with Gasteiger partial charge in [0.05, 0.1) is 0 Å². The van der Waals surface area contributed by atoms with Crippen molar-refractivity contribution in [2.75, 3.05) is 6.61 Å². The van der Waals surface area contributed by atoms with Crippen LogP contribution in [0.2, 0.25) is 5.02 Å². The summed E-state index contributed by atoms with van der Waals surface area (Å²) >= 11 is 5.72. The van der Waals surface area contributed by atoms with Gasteiger partial charge < -0.3 is 4.74 Å². The predicted octanol–water partition coefficient (Wildman–Crippen LogP) is 3.46. The van der Waals surface area contributed by atoms with E-state index in [0.29, 0.717) is 0 Å². The molecule has 1 saturated carbocycles. The predicted molar refractivity (Wildman–Crippen MR) is 52.5 cm³/mol. The third-order valence-corrected chi connectivity index (χ3v) is 2.95. The minimum Gasteiger partial charge on any atom is -0.476 e. The molecular weight excluding hydrogens is 243 g/mol. The maximum absolute atomic E-state index is 12.6. The smallest absolute Gasteiger partial charge is 0.397 e. The maximum atomic E-state index is 12.6. The van der Waals surface area contributed by atoms with Crippen LogP contribution in [0.3, 0.4) is 0 Å². The van der Waals surface area contributed by atoms with Crippen LogP contribution in [-0.2, 0) is 0 Å². The maximum Gasteiger partial charge on any atom is 0.397 e. The standard InChI is InChI=1S/C10H9ClF3NO/c11-7-2-1-5-15-8(7)16-6-9(3-4-9)10(12,13)14/h1-2,5H,3-4,6H2. The number of rotatable bonds is 3. The molecule has 16 heavy (non-hydrogen) atoms. The quantitative estimate of drug-likeness (QED) is 0.821. The Morgan fingerprint density at radius 2 is 2.12 bits per heavy atom. The molecule has 0 N–H and O–H groups in total. The van der Waals surface area contributed by atoms with Gasteiger partial charge in [-0.05, 0) is 25.0 Å². The molecule has 0 spiro atoms. The number of hydrogen-bond acceptors (Lipinski definition) is 2. The molecule has 0 aliphatic heterocycles. The van der Waals surface area contributed by atoms with Crippen LogP contribution < -0.4 is 4.74 Å². The van der Waals surface area contributed by atoms with Crippen molar-refractivity contribution in [2.24, 2.45) is 5.41 Å². The van der Waals surface area contributed by atoms with Crippen molar-refractivity contribution in [3.8, 4) is 5.88 Å². The molecule has 88 valence electrons. The van der Waals surface area contributed by atoms with E-state index < -0.39 is 18.2 Å². The fraction of sp³-hybridized carbons (Fsp3) is 0.500. The van der Waals surface area contributed by atoms with E-state index in [1.54, 1.807) is 6.07 Å². The van der Waals surface area contributed by atoms with Gasteiger partial charge in [0.25, 0.3) is 0 Å². The number of halogens is 4. The second-order valence-corrected chi connectivity index (χ2v) is 4.26. The summed E-state index contributed by atoms with van der Waals surface area (Å²) < 4.78 is 42.7. The van der Waals surface area contributed by atoms with Crippen LogP contribution in [0.15, 0.2) is 18.3 Å². The van der Waals surface area contributed by atoms with Gasteiger partial charge in [-0.3, -0.25) is 0 Å². The third kappa shape index (κ3) is 2.09. The number of pyridine rings is 1. The molecule has 0 radical (unpaired) electrons. The molecule has 1 fully saturated rings. The van der Waals surface area contributed by atoms with Gasteiger partial charge in [0.2, 0.25) is 5.88 Å². The van der Waals surface area contributed by atoms with Crippen molar-refractivity contribution >= 4 is 11.6 Å². The van der Waals surface area contributed by atoms with Crippen LogP contribution in [0.1, 0.15) is 12.8 Å². The zero-order chi connectivity index (χ0) is 11.8. The fourth-order valence-corrected chi connectivity index (χ4v) is 1.52. The van der Waals surface area contributed by atoms with E-state index >= 15 is 0 Å². The van der Waals surface area contributed by atoms with Crippen molar-refractivity contribution in [2.45, 2.75) is 19.0 Å². The summed E-state index contributed by atoms with van der Waals surface area (Å²) in [6.45, 7) is -0.409. The lowest BCUT2D eigenvalue weighted by Gasteiger charge is -2.19. The van der Waals surface area contributed by atoms with Gasteiger partial charge in [0.1, 0.15) is 17.0 Å². The SMILES string of the molecule is FC(F)(F)C1(COc2ncccc2Cl)CC1. The first-order valence-corrected chi connectivity index (χ1v) is 5.12. The average Bonchev–Trinajstić information content (AvgIpc) is 2.96. The molecule has 0 saturated heterocycles. The van der Waals surface area contributed by atoms with Crippen LogP contribution in [0.4, 0.5) is 13.2 Å². The zero-order valence-corrected chi connectivity index (χ0v) is 8.98. The summed E-state index contributed by atoms with van der Waals surface area (Å²) in [5.41, 5.74) is -1.69. The Bertz CT molecular complexity index is 390. The lowest BCUT2D eigenvalue weighted by molar-refractivity contribution is -0.194. The number of alkyl halides is 3. The highest BCUT2D eigenvalue weighted by Gasteiger charge is 2.63. The van der Waals surface area contributed by atoms with Gasteiger partial charge in [-0.1, -0.05) is 11.6 Å². The lowest BCUT2D eigenvalue weighted by atomic mass is 10.1. The van der Waals surface area contributed by atoms with Gasteiger partial charge in [0.15, 0.2) is 0 Å². The summed E-state index contributed by atoms with van der Waals surface area (Å²) in [7, 11) is 0. The Kier molecular flexibility index (Phi) is 2.74. The van der Waals surface area contributed by atoms with Crippen molar-refractivity contribution < 1.29 is 17.9 Å². The highest BCUT2D eigenvalue weighted by atomic mass is 35.5. The Balaban J connectivity index is 2.01. The summed E-state index contributed by atoms with van der Waals surface area (Å²) in [6.07, 6.45) is -2.56. The summed E-state index contributed by atoms with van der Waals surface area (Å²) in [6, 6.07) is 3.11. The Morgan fingerprint density at radius 1 is 1.44 bits per heavy atom. The van der Waals surface area contributed by atoms with E-state index in [1.807, 2.05) is 0 Å². The van der Waals surface area contributed by atoms with E-state index in [2.05, 4.69) is 4.98 Å². The van der Waals surface area contributed by atoms with Crippen molar-refractivity contribution in [3.05, 3.63) is 23.4 Å². The first kappa shape index (κ1) is 11.5. The van der Waals surface area contributed by atoms with Crippen LogP contribution in [0, 0.1) is 5.41 Å². The first-order valence-electron chi connectivity index (χ1n) is 4.75. The minimum atomic E-state index is -4.21. The summed E-state index contributed by atoms with van der Waals surface area (Å²) in [4.78, 5) is 3.77. The topological polar surface area (TPSA) is 22.1 Å². The molecule has 0 aromatic carbocycles. The van der Waals surface area contributed by atoms with Crippen LogP contribution in [0.25, 0.3) is 0 Å². The molecule has 0 atom stereocenters. The summed E-state index contributed by atoms with van der Waals surface area (Å²) in [5, 5.41) is 0.223. The first-order chi connectivity index (χ1) is 7.45. The number of nitrogens with zero attached hydrogens (tertiary/aromatic N) is 1. The van der Waals surface area contributed by atoms with Gasteiger partial charge >= 0.3 is 6.18 Å². The number of aromatic nitrogens is 1. The van der Waals surface area contributed by atoms with Crippen molar-refractivity contribution in [1.82, 2.24) is 4.98 Å². The van der Waals surface area contributed by atoms with Crippen LogP contribution in [0.5, 0.6) is 5.88 Å². The van der Waals surface area contributed by atoms with E-state index in [1.165, 1.54) is 12.3 Å². The number of hydrogen-bond donors (Lipinski definition) is 0. The molecule has 1 aromatic rings. The average molecular weight is 252 g/mol. The Hall–Kier alpha value is -0.970. The Labute approximate surface area is 95.4 Å². The highest BCUT2D eigenvalue weighted by molar-refractivity contribution is 6.31. The molecule has 0 bridgehead atoms. The van der Waals surface area contributed by atoms with Gasteiger partial charge in [-0.2, -0.15) is 13.2 Å². The van der Waals surface area contributed by atoms with E-state index in [4.69, 9.17) is 16.3 Å². The van der Waals surface area contributed by atoms with Crippen LogP contribution in [-0.4, -0.2) is 17.8 Å². The largest absolute Gasteiger partial charge is 0.476 e. The van der Waals surface area contributed by atoms with Gasteiger partial charge in [-0.15, -0.1) is 0 Å². The second kappa shape index (κ2) is 3.80. The molecular formula is C10H9ClF3NO. The fourth-order valence-electron chi connectivity index (χ4n) is 1.34. The number of ether oxygens (including phenoxy) is 1. The molecule has 0 amide bonds. The van der Waals surface area contributed by atoms with Crippen molar-refractivity contribution in [1.29, 1.82) is 0 Å². The third-order valence-electron chi connectivity index (χ3n) is 2.66. The molecule has 1 heterocycles. The molecule has 6 heteroatoms. The van der Waals surface area contributed by atoms with E-state index in [9.17, 15) is 13.2 Å². The lowest BCUT2D eigenvalue weighted by Crippen LogP contribution is -2.30. The molecule has 2 rings (SSSR count). The molecule has 0 unspecified atom stereocenters. The second-order valence-electron chi connectivity index (χ2n) is 3.86. The molecule has 1 aliphatic rings. The van der Waals surface area contributed by atoms with E-state index in [0.717, 1.165) is 0 Å². The molecule has 2 nitrogen and oxygen atoms in total. The molecule has 1 aromatic heterocycles. The summed E-state index contributed by atoms with van der Waals surface area (Å²) in [5.74, 6) is 0.0553. The minimum absolute atomic E-state index is 0.0553. The molecule has 1 aliphatic carbocycles.